The van der Waals surface area contributed by atoms with Gasteiger partial charge in [0.1, 0.15) is 0 Å². The zero-order valence-electron chi connectivity index (χ0n) is 16.7. The van der Waals surface area contributed by atoms with Crippen molar-refractivity contribution in [2.24, 2.45) is 11.8 Å². The minimum Gasteiger partial charge on any atom is -0.481 e. The molecule has 0 saturated carbocycles. The number of anilines is 1. The zero-order chi connectivity index (χ0) is 21.8. The highest BCUT2D eigenvalue weighted by Crippen LogP contribution is 2.45. The lowest BCUT2D eigenvalue weighted by Crippen LogP contribution is -2.42. The summed E-state index contributed by atoms with van der Waals surface area (Å²) in [6.07, 6.45) is 3.89. The van der Waals surface area contributed by atoms with E-state index in [-0.39, 0.29) is 11.8 Å². The molecule has 31 heavy (non-hydrogen) atoms. The molecular weight excluding hydrogens is 410 g/mol. The van der Waals surface area contributed by atoms with Crippen LogP contribution >= 0.6 is 11.6 Å². The van der Waals surface area contributed by atoms with Gasteiger partial charge in [0.15, 0.2) is 0 Å². The Morgan fingerprint density at radius 1 is 0.742 bits per heavy atom. The Morgan fingerprint density at radius 2 is 1.29 bits per heavy atom. The molecular formula is C26H22ClNO3. The predicted molar refractivity (Wildman–Crippen MR) is 122 cm³/mol. The van der Waals surface area contributed by atoms with Gasteiger partial charge in [0.2, 0.25) is 5.91 Å². The van der Waals surface area contributed by atoms with Crippen molar-refractivity contribution in [3.63, 3.8) is 0 Å². The van der Waals surface area contributed by atoms with Crippen LogP contribution < -0.4 is 5.32 Å². The number of allylic oxidation sites excluding steroid dienone is 2. The monoisotopic (exact) mass is 431 g/mol. The first-order chi connectivity index (χ1) is 15.0. The number of amides is 1. The number of aliphatic carboxylic acids is 1. The van der Waals surface area contributed by atoms with Gasteiger partial charge in [-0.15, -0.1) is 0 Å². The quantitative estimate of drug-likeness (QED) is 0.507. The summed E-state index contributed by atoms with van der Waals surface area (Å²) in [6, 6.07) is 25.9. The molecule has 4 atom stereocenters. The number of carbonyl (C=O) groups excluding carboxylic acids is 1. The number of hydrogen-bond donors (Lipinski definition) is 2. The van der Waals surface area contributed by atoms with E-state index in [4.69, 9.17) is 11.6 Å². The van der Waals surface area contributed by atoms with Gasteiger partial charge >= 0.3 is 5.97 Å². The van der Waals surface area contributed by atoms with Crippen LogP contribution in [0.25, 0.3) is 0 Å². The Balaban J connectivity index is 1.77. The first-order valence-corrected chi connectivity index (χ1v) is 10.5. The predicted octanol–water partition coefficient (Wildman–Crippen LogP) is 5.73. The minimum atomic E-state index is -0.995. The normalized spacial score (nSPS) is 22.6. The van der Waals surface area contributed by atoms with Crippen molar-refractivity contribution < 1.29 is 14.7 Å². The van der Waals surface area contributed by atoms with Gasteiger partial charge in [-0.2, -0.15) is 0 Å². The maximum absolute atomic E-state index is 13.5. The lowest BCUT2D eigenvalue weighted by atomic mass is 9.66. The second kappa shape index (κ2) is 9.19. The molecule has 0 aliphatic heterocycles. The molecule has 0 radical (unpaired) electrons. The number of nitrogens with one attached hydrogen (secondary N) is 1. The summed E-state index contributed by atoms with van der Waals surface area (Å²) >= 11 is 6.06. The highest BCUT2D eigenvalue weighted by molar-refractivity contribution is 6.30. The van der Waals surface area contributed by atoms with Crippen molar-refractivity contribution >= 4 is 29.2 Å². The Bertz CT molecular complexity index is 1100. The molecule has 1 amide bonds. The van der Waals surface area contributed by atoms with Crippen LogP contribution in [0.15, 0.2) is 97.1 Å². The summed E-state index contributed by atoms with van der Waals surface area (Å²) in [6.45, 7) is 0. The van der Waals surface area contributed by atoms with Gasteiger partial charge in [-0.3, -0.25) is 9.59 Å². The fourth-order valence-corrected chi connectivity index (χ4v) is 4.53. The molecule has 0 saturated heterocycles. The molecule has 0 heterocycles. The average molecular weight is 432 g/mol. The largest absolute Gasteiger partial charge is 0.481 e. The van der Waals surface area contributed by atoms with Gasteiger partial charge in [0.05, 0.1) is 11.8 Å². The van der Waals surface area contributed by atoms with Crippen molar-refractivity contribution in [1.29, 1.82) is 0 Å². The van der Waals surface area contributed by atoms with Gasteiger partial charge < -0.3 is 10.4 Å². The van der Waals surface area contributed by atoms with Crippen LogP contribution in [0, 0.1) is 11.8 Å². The number of carboxylic acid groups (broad SMARTS) is 1. The van der Waals surface area contributed by atoms with Crippen molar-refractivity contribution in [3.8, 4) is 0 Å². The van der Waals surface area contributed by atoms with E-state index in [0.29, 0.717) is 10.7 Å². The fourth-order valence-electron chi connectivity index (χ4n) is 4.34. The van der Waals surface area contributed by atoms with Crippen LogP contribution in [-0.2, 0) is 9.59 Å². The molecule has 1 aliphatic carbocycles. The average Bonchev–Trinajstić information content (AvgIpc) is 2.79. The number of hydrogen-bond acceptors (Lipinski definition) is 2. The van der Waals surface area contributed by atoms with E-state index in [1.165, 1.54) is 0 Å². The zero-order valence-corrected chi connectivity index (χ0v) is 17.4. The van der Waals surface area contributed by atoms with Crippen molar-refractivity contribution in [2.45, 2.75) is 11.8 Å². The van der Waals surface area contributed by atoms with Crippen molar-refractivity contribution in [3.05, 3.63) is 113 Å². The molecule has 4 nitrogen and oxygen atoms in total. The summed E-state index contributed by atoms with van der Waals surface area (Å²) < 4.78 is 0. The number of carboxylic acids is 1. The molecule has 4 rings (SSSR count). The van der Waals surface area contributed by atoms with E-state index in [0.717, 1.165) is 11.1 Å². The van der Waals surface area contributed by atoms with Gasteiger partial charge in [-0.1, -0.05) is 90.5 Å². The molecule has 3 aromatic carbocycles. The fraction of sp³-hybridized carbons (Fsp3) is 0.154. The second-order valence-corrected chi connectivity index (χ2v) is 8.08. The minimum absolute atomic E-state index is 0.339. The van der Waals surface area contributed by atoms with Gasteiger partial charge in [0.25, 0.3) is 0 Å². The van der Waals surface area contributed by atoms with Gasteiger partial charge in [0, 0.05) is 22.5 Å². The smallest absolute Gasteiger partial charge is 0.308 e. The SMILES string of the molecule is O=C(Nc1cccc(Cl)c1)[C@@H]1[C@H](C(=O)O)[C@H](c2ccccc2)C=C[C@@H]1c1ccccc1. The number of benzene rings is 3. The Labute approximate surface area is 186 Å². The summed E-state index contributed by atoms with van der Waals surface area (Å²) in [5.74, 6) is -3.82. The first-order valence-electron chi connectivity index (χ1n) is 10.1. The highest BCUT2D eigenvalue weighted by Gasteiger charge is 2.46. The van der Waals surface area contributed by atoms with E-state index in [1.54, 1.807) is 24.3 Å². The van der Waals surface area contributed by atoms with Crippen LogP contribution in [0.5, 0.6) is 0 Å². The Hall–Kier alpha value is -3.37. The molecule has 0 bridgehead atoms. The van der Waals surface area contributed by atoms with E-state index in [9.17, 15) is 14.7 Å². The molecule has 5 heteroatoms. The molecule has 0 fully saturated rings. The number of rotatable bonds is 5. The van der Waals surface area contributed by atoms with Crippen LogP contribution in [0.1, 0.15) is 23.0 Å². The van der Waals surface area contributed by atoms with E-state index in [2.05, 4.69) is 5.32 Å². The molecule has 3 aromatic rings. The van der Waals surface area contributed by atoms with E-state index in [1.807, 2.05) is 72.8 Å². The number of carbonyl (C=O) groups is 2. The van der Waals surface area contributed by atoms with Crippen LogP contribution in [0.4, 0.5) is 5.69 Å². The molecule has 2 N–H and O–H groups in total. The van der Waals surface area contributed by atoms with Crippen LogP contribution in [0.3, 0.4) is 0 Å². The summed E-state index contributed by atoms with van der Waals surface area (Å²) in [5, 5.41) is 13.6. The highest BCUT2D eigenvalue weighted by atomic mass is 35.5. The van der Waals surface area contributed by atoms with E-state index < -0.39 is 23.7 Å². The summed E-state index contributed by atoms with van der Waals surface area (Å²) in [4.78, 5) is 26.0. The molecule has 0 unspecified atom stereocenters. The van der Waals surface area contributed by atoms with Gasteiger partial charge in [-0.25, -0.2) is 0 Å². The lowest BCUT2D eigenvalue weighted by Gasteiger charge is -2.37. The van der Waals surface area contributed by atoms with E-state index >= 15 is 0 Å². The summed E-state index contributed by atoms with van der Waals surface area (Å²) in [5.41, 5.74) is 2.32. The lowest BCUT2D eigenvalue weighted by molar-refractivity contribution is -0.147. The van der Waals surface area contributed by atoms with Crippen molar-refractivity contribution in [1.82, 2.24) is 0 Å². The first kappa shape index (κ1) is 20.9. The maximum atomic E-state index is 13.5. The third kappa shape index (κ3) is 4.54. The Morgan fingerprint density at radius 3 is 1.81 bits per heavy atom. The second-order valence-electron chi connectivity index (χ2n) is 7.65. The van der Waals surface area contributed by atoms with Crippen molar-refractivity contribution in [2.75, 3.05) is 5.32 Å². The molecule has 0 aromatic heterocycles. The molecule has 156 valence electrons. The van der Waals surface area contributed by atoms with Crippen LogP contribution in [-0.4, -0.2) is 17.0 Å². The molecule has 0 spiro atoms. The standard InChI is InChI=1S/C26H22ClNO3/c27-19-12-7-13-20(16-19)28-25(29)23-21(17-8-3-1-4-9-17)14-15-22(24(23)26(30)31)18-10-5-2-6-11-18/h1-16,21-24H,(H,28,29)(H,30,31)/t21-,22+,23+,24-/m1/s1. The molecule has 1 aliphatic rings. The third-order valence-electron chi connectivity index (χ3n) is 5.74. The summed E-state index contributed by atoms with van der Waals surface area (Å²) in [7, 11) is 0. The number of halogens is 1. The van der Waals surface area contributed by atoms with Gasteiger partial charge in [-0.05, 0) is 29.3 Å². The topological polar surface area (TPSA) is 66.4 Å². The maximum Gasteiger partial charge on any atom is 0.308 e. The Kier molecular flexibility index (Phi) is 6.19. The van der Waals surface area contributed by atoms with Crippen LogP contribution in [0.2, 0.25) is 5.02 Å². The third-order valence-corrected chi connectivity index (χ3v) is 5.97.